The Morgan fingerprint density at radius 2 is 2.05 bits per heavy atom. The zero-order chi connectivity index (χ0) is 14.0. The van der Waals surface area contributed by atoms with Gasteiger partial charge < -0.3 is 14.5 Å². The fraction of sp³-hybridized carbons (Fsp3) is 0.857. The highest BCUT2D eigenvalue weighted by atomic mass is 16.5. The summed E-state index contributed by atoms with van der Waals surface area (Å²) in [5.41, 5.74) is 0. The number of hydrogen-bond acceptors (Lipinski definition) is 3. The molecule has 0 saturated carbocycles. The fourth-order valence-electron chi connectivity index (χ4n) is 3.12. The molecule has 2 aliphatic heterocycles. The molecule has 2 unspecified atom stereocenters. The van der Waals surface area contributed by atoms with E-state index in [1.165, 1.54) is 0 Å². The second-order valence-corrected chi connectivity index (χ2v) is 5.61. The van der Waals surface area contributed by atoms with E-state index in [1.54, 1.807) is 9.80 Å². The van der Waals surface area contributed by atoms with Crippen LogP contribution in [0.1, 0.15) is 33.6 Å². The minimum atomic E-state index is -0.317. The van der Waals surface area contributed by atoms with Crippen LogP contribution < -0.4 is 0 Å². The Morgan fingerprint density at radius 3 is 2.68 bits per heavy atom. The van der Waals surface area contributed by atoms with Crippen molar-refractivity contribution in [1.29, 1.82) is 0 Å². The highest BCUT2D eigenvalue weighted by Crippen LogP contribution is 2.29. The van der Waals surface area contributed by atoms with Crippen molar-refractivity contribution in [2.45, 2.75) is 45.7 Å². The first kappa shape index (κ1) is 14.3. The van der Waals surface area contributed by atoms with E-state index >= 15 is 0 Å². The Bertz CT molecular complexity index is 357. The number of piperazine rings is 1. The largest absolute Gasteiger partial charge is 0.380 e. The van der Waals surface area contributed by atoms with Gasteiger partial charge in [-0.25, -0.2) is 0 Å². The molecule has 2 saturated heterocycles. The summed E-state index contributed by atoms with van der Waals surface area (Å²) < 4.78 is 5.34. The van der Waals surface area contributed by atoms with E-state index in [9.17, 15) is 9.59 Å². The van der Waals surface area contributed by atoms with Crippen LogP contribution in [0.15, 0.2) is 0 Å². The average molecular weight is 268 g/mol. The van der Waals surface area contributed by atoms with Crippen LogP contribution >= 0.6 is 0 Å². The molecule has 0 spiro atoms. The minimum Gasteiger partial charge on any atom is -0.380 e. The summed E-state index contributed by atoms with van der Waals surface area (Å²) in [7, 11) is 0. The van der Waals surface area contributed by atoms with Gasteiger partial charge in [-0.05, 0) is 25.7 Å². The van der Waals surface area contributed by atoms with E-state index in [0.29, 0.717) is 19.8 Å². The highest BCUT2D eigenvalue weighted by molar-refractivity contribution is 5.97. The van der Waals surface area contributed by atoms with Crippen molar-refractivity contribution in [3.63, 3.8) is 0 Å². The van der Waals surface area contributed by atoms with Gasteiger partial charge >= 0.3 is 0 Å². The molecule has 0 aromatic rings. The lowest BCUT2D eigenvalue weighted by molar-refractivity contribution is -0.162. The summed E-state index contributed by atoms with van der Waals surface area (Å²) in [6.07, 6.45) is 1.74. The molecule has 2 atom stereocenters. The zero-order valence-corrected chi connectivity index (χ0v) is 12.1. The van der Waals surface area contributed by atoms with Gasteiger partial charge in [-0.1, -0.05) is 13.8 Å². The van der Waals surface area contributed by atoms with Gasteiger partial charge in [0.2, 0.25) is 11.8 Å². The van der Waals surface area contributed by atoms with E-state index in [2.05, 4.69) is 0 Å². The lowest BCUT2D eigenvalue weighted by Crippen LogP contribution is -2.64. The number of rotatable bonds is 5. The van der Waals surface area contributed by atoms with Crippen LogP contribution in [0.2, 0.25) is 0 Å². The third-order valence-electron chi connectivity index (χ3n) is 4.00. The summed E-state index contributed by atoms with van der Waals surface area (Å²) in [4.78, 5) is 28.6. The lowest BCUT2D eigenvalue weighted by atomic mass is 9.96. The lowest BCUT2D eigenvalue weighted by Gasteiger charge is -2.43. The van der Waals surface area contributed by atoms with Gasteiger partial charge in [0.1, 0.15) is 12.1 Å². The van der Waals surface area contributed by atoms with Crippen LogP contribution in [0.25, 0.3) is 0 Å². The topological polar surface area (TPSA) is 49.9 Å². The van der Waals surface area contributed by atoms with Crippen LogP contribution in [0, 0.1) is 5.92 Å². The first-order valence-corrected chi connectivity index (χ1v) is 7.26. The fourth-order valence-corrected chi connectivity index (χ4v) is 3.12. The van der Waals surface area contributed by atoms with Gasteiger partial charge in [0.25, 0.3) is 0 Å². The van der Waals surface area contributed by atoms with Crippen molar-refractivity contribution in [3.05, 3.63) is 0 Å². The van der Waals surface area contributed by atoms with E-state index in [1.807, 2.05) is 20.8 Å². The Hall–Kier alpha value is -1.10. The number of nitrogens with zero attached hydrogens (tertiary/aromatic N) is 2. The predicted octanol–water partition coefficient (Wildman–Crippen LogP) is 0.881. The van der Waals surface area contributed by atoms with Crippen molar-refractivity contribution in [3.8, 4) is 0 Å². The Labute approximate surface area is 114 Å². The maximum atomic E-state index is 12.5. The van der Waals surface area contributed by atoms with Crippen LogP contribution in [-0.2, 0) is 14.3 Å². The molecule has 5 nitrogen and oxygen atoms in total. The van der Waals surface area contributed by atoms with E-state index in [0.717, 1.165) is 19.4 Å². The first-order chi connectivity index (χ1) is 9.07. The van der Waals surface area contributed by atoms with Gasteiger partial charge in [0.15, 0.2) is 0 Å². The van der Waals surface area contributed by atoms with Crippen molar-refractivity contribution in [1.82, 2.24) is 9.80 Å². The van der Waals surface area contributed by atoms with Gasteiger partial charge in [0, 0.05) is 19.7 Å². The molecular formula is C14H24N2O3. The zero-order valence-electron chi connectivity index (χ0n) is 12.1. The number of carbonyl (C=O) groups is 2. The minimum absolute atomic E-state index is 0.107. The maximum absolute atomic E-state index is 12.5. The Balaban J connectivity index is 2.16. The number of fused-ring (bicyclic) bond motifs is 1. The predicted molar refractivity (Wildman–Crippen MR) is 71.6 cm³/mol. The molecule has 0 radical (unpaired) electrons. The van der Waals surface area contributed by atoms with Gasteiger partial charge in [-0.2, -0.15) is 0 Å². The molecule has 0 N–H and O–H groups in total. The van der Waals surface area contributed by atoms with Crippen molar-refractivity contribution >= 4 is 11.8 Å². The van der Waals surface area contributed by atoms with Gasteiger partial charge in [0.05, 0.1) is 6.61 Å². The molecule has 2 rings (SSSR count). The Morgan fingerprint density at radius 1 is 1.32 bits per heavy atom. The summed E-state index contributed by atoms with van der Waals surface area (Å²) in [6, 6.07) is -0.536. The number of carbonyl (C=O) groups excluding carboxylic acids is 2. The quantitative estimate of drug-likeness (QED) is 0.696. The smallest absolute Gasteiger partial charge is 0.246 e. The van der Waals surface area contributed by atoms with E-state index < -0.39 is 0 Å². The van der Waals surface area contributed by atoms with Gasteiger partial charge in [-0.15, -0.1) is 0 Å². The van der Waals surface area contributed by atoms with Crippen LogP contribution in [-0.4, -0.2) is 60.0 Å². The summed E-state index contributed by atoms with van der Waals surface area (Å²) in [5, 5.41) is 0. The van der Waals surface area contributed by atoms with Crippen LogP contribution in [0.4, 0.5) is 0 Å². The molecule has 0 aromatic heterocycles. The number of amides is 2. The average Bonchev–Trinajstić information content (AvgIpc) is 2.84. The van der Waals surface area contributed by atoms with Crippen molar-refractivity contribution in [2.75, 3.05) is 26.3 Å². The van der Waals surface area contributed by atoms with Gasteiger partial charge in [-0.3, -0.25) is 9.59 Å². The molecule has 108 valence electrons. The standard InChI is InChI=1S/C14H24N2O3/c1-4-19-9-8-16-12(10(2)3)14(18)15-7-5-6-11(15)13(16)17/h10-12H,4-9H2,1-3H3. The van der Waals surface area contributed by atoms with E-state index in [-0.39, 0.29) is 29.8 Å². The Kier molecular flexibility index (Phi) is 4.45. The second-order valence-electron chi connectivity index (χ2n) is 5.61. The monoisotopic (exact) mass is 268 g/mol. The molecule has 2 amide bonds. The molecule has 5 heteroatoms. The normalized spacial score (nSPS) is 27.4. The van der Waals surface area contributed by atoms with Crippen LogP contribution in [0.3, 0.4) is 0 Å². The van der Waals surface area contributed by atoms with E-state index in [4.69, 9.17) is 4.74 Å². The third kappa shape index (κ3) is 2.61. The summed E-state index contributed by atoms with van der Waals surface area (Å²) in [6.45, 7) is 8.33. The first-order valence-electron chi connectivity index (χ1n) is 7.26. The molecule has 2 fully saturated rings. The second kappa shape index (κ2) is 5.90. The third-order valence-corrected chi connectivity index (χ3v) is 4.00. The molecule has 2 aliphatic rings. The van der Waals surface area contributed by atoms with Crippen molar-refractivity contribution in [2.24, 2.45) is 5.92 Å². The summed E-state index contributed by atoms with van der Waals surface area (Å²) in [5.74, 6) is 0.365. The SMILES string of the molecule is CCOCCN1C(=O)C2CCCN2C(=O)C1C(C)C. The molecule has 0 aromatic carbocycles. The molecule has 0 aliphatic carbocycles. The highest BCUT2D eigenvalue weighted by Gasteiger charge is 2.48. The molecule has 2 heterocycles. The molecular weight excluding hydrogens is 244 g/mol. The number of hydrogen-bond donors (Lipinski definition) is 0. The van der Waals surface area contributed by atoms with Crippen LogP contribution in [0.5, 0.6) is 0 Å². The summed E-state index contributed by atoms with van der Waals surface area (Å²) >= 11 is 0. The van der Waals surface area contributed by atoms with Crippen molar-refractivity contribution < 1.29 is 14.3 Å². The maximum Gasteiger partial charge on any atom is 0.246 e. The molecule has 0 bridgehead atoms. The molecule has 19 heavy (non-hydrogen) atoms. The number of ether oxygens (including phenoxy) is 1.